The molecule has 0 aromatic heterocycles. The van der Waals surface area contributed by atoms with Gasteiger partial charge in [0.2, 0.25) is 0 Å². The number of amides is 3. The summed E-state index contributed by atoms with van der Waals surface area (Å²) in [6, 6.07) is 26.3. The van der Waals surface area contributed by atoms with Gasteiger partial charge in [-0.15, -0.1) is 0 Å². The number of hydrazone groups is 1. The van der Waals surface area contributed by atoms with Crippen LogP contribution in [0.25, 0.3) is 0 Å². The summed E-state index contributed by atoms with van der Waals surface area (Å²) in [5, 5.41) is 8.99. The first-order valence-corrected chi connectivity index (χ1v) is 13.1. The van der Waals surface area contributed by atoms with Crippen molar-refractivity contribution < 1.29 is 33.4 Å². The molecule has 11 heteroatoms. The van der Waals surface area contributed by atoms with E-state index < -0.39 is 23.7 Å². The number of hydrogen-bond acceptors (Lipinski definition) is 8. The number of carbonyl (C=O) groups is 4. The highest BCUT2D eigenvalue weighted by Gasteiger charge is 2.18. The van der Waals surface area contributed by atoms with Gasteiger partial charge in [0.25, 0.3) is 5.91 Å². The van der Waals surface area contributed by atoms with Crippen LogP contribution in [0.15, 0.2) is 102 Å². The molecule has 4 rings (SSSR count). The monoisotopic (exact) mass is 580 g/mol. The molecule has 0 unspecified atom stereocenters. The van der Waals surface area contributed by atoms with Gasteiger partial charge < -0.3 is 24.8 Å². The van der Waals surface area contributed by atoms with Crippen molar-refractivity contribution in [3.8, 4) is 17.2 Å². The van der Waals surface area contributed by atoms with Gasteiger partial charge in [0, 0.05) is 5.69 Å². The summed E-state index contributed by atoms with van der Waals surface area (Å²) in [6.45, 7) is 2.39. The van der Waals surface area contributed by atoms with Crippen molar-refractivity contribution in [1.82, 2.24) is 5.43 Å². The fraction of sp³-hybridized carbons (Fsp3) is 0.0938. The molecule has 11 nitrogen and oxygen atoms in total. The molecule has 0 spiro atoms. The molecule has 3 N–H and O–H groups in total. The largest absolute Gasteiger partial charge is 0.494 e. The highest BCUT2D eigenvalue weighted by atomic mass is 16.6. The zero-order valence-electron chi connectivity index (χ0n) is 23.3. The average molecular weight is 581 g/mol. The van der Waals surface area contributed by atoms with Gasteiger partial charge in [0.1, 0.15) is 5.75 Å². The van der Waals surface area contributed by atoms with Gasteiger partial charge >= 0.3 is 17.8 Å². The maximum atomic E-state index is 12.9. The lowest BCUT2D eigenvalue weighted by Crippen LogP contribution is -2.33. The minimum absolute atomic E-state index is 0.139. The molecule has 43 heavy (non-hydrogen) atoms. The SMILES string of the molecule is CCOc1ccc(NC(=O)c2ccccc2NC(=O)C(=O)NN=Cc2ccc(OC(=O)c3ccccc3)c(OC)c2)cc1. The Bertz CT molecular complexity index is 1640. The van der Waals surface area contributed by atoms with Crippen LogP contribution in [0.4, 0.5) is 11.4 Å². The van der Waals surface area contributed by atoms with E-state index in [1.807, 2.05) is 6.92 Å². The van der Waals surface area contributed by atoms with E-state index in [9.17, 15) is 19.2 Å². The Kier molecular flexibility index (Phi) is 10.2. The summed E-state index contributed by atoms with van der Waals surface area (Å²) < 4.78 is 16.1. The van der Waals surface area contributed by atoms with Gasteiger partial charge in [-0.05, 0) is 79.2 Å². The highest BCUT2D eigenvalue weighted by molar-refractivity contribution is 6.40. The van der Waals surface area contributed by atoms with E-state index in [4.69, 9.17) is 14.2 Å². The summed E-state index contributed by atoms with van der Waals surface area (Å²) in [4.78, 5) is 50.2. The van der Waals surface area contributed by atoms with E-state index in [-0.39, 0.29) is 22.7 Å². The van der Waals surface area contributed by atoms with Crippen LogP contribution >= 0.6 is 0 Å². The number of anilines is 2. The van der Waals surface area contributed by atoms with E-state index in [0.29, 0.717) is 29.2 Å². The van der Waals surface area contributed by atoms with Gasteiger partial charge in [-0.2, -0.15) is 5.10 Å². The predicted octanol–water partition coefficient (Wildman–Crippen LogP) is 4.65. The van der Waals surface area contributed by atoms with Crippen molar-refractivity contribution >= 4 is 41.3 Å². The summed E-state index contributed by atoms with van der Waals surface area (Å²) in [7, 11) is 1.42. The second-order valence-electron chi connectivity index (χ2n) is 8.78. The normalized spacial score (nSPS) is 10.5. The van der Waals surface area contributed by atoms with Crippen LogP contribution in [0, 0.1) is 0 Å². The van der Waals surface area contributed by atoms with Gasteiger partial charge in [-0.25, -0.2) is 10.2 Å². The van der Waals surface area contributed by atoms with Crippen molar-refractivity contribution in [2.24, 2.45) is 5.10 Å². The summed E-state index contributed by atoms with van der Waals surface area (Å²) >= 11 is 0. The Balaban J connectivity index is 1.34. The van der Waals surface area contributed by atoms with E-state index in [0.717, 1.165) is 0 Å². The molecule has 4 aromatic rings. The second-order valence-corrected chi connectivity index (χ2v) is 8.78. The lowest BCUT2D eigenvalue weighted by molar-refractivity contribution is -0.136. The lowest BCUT2D eigenvalue weighted by Gasteiger charge is -2.11. The average Bonchev–Trinajstić information content (AvgIpc) is 3.03. The second kappa shape index (κ2) is 14.6. The number of ether oxygens (including phenoxy) is 3. The van der Waals surface area contributed by atoms with Crippen LogP contribution in [-0.2, 0) is 9.59 Å². The van der Waals surface area contributed by atoms with Crippen molar-refractivity contribution in [1.29, 1.82) is 0 Å². The van der Waals surface area contributed by atoms with E-state index in [1.54, 1.807) is 78.9 Å². The van der Waals surface area contributed by atoms with Crippen molar-refractivity contribution in [2.75, 3.05) is 24.4 Å². The molecule has 0 atom stereocenters. The third kappa shape index (κ3) is 8.27. The molecule has 4 aromatic carbocycles. The van der Waals surface area contributed by atoms with Gasteiger partial charge in [-0.1, -0.05) is 30.3 Å². The summed E-state index contributed by atoms with van der Waals surface area (Å²) in [5.41, 5.74) is 3.84. The molecule has 0 radical (unpaired) electrons. The molecule has 0 fully saturated rings. The molecular weight excluding hydrogens is 552 g/mol. The number of benzene rings is 4. The smallest absolute Gasteiger partial charge is 0.343 e. The third-order valence-corrected chi connectivity index (χ3v) is 5.83. The van der Waals surface area contributed by atoms with Gasteiger partial charge in [0.15, 0.2) is 11.5 Å². The van der Waals surface area contributed by atoms with Gasteiger partial charge in [0.05, 0.1) is 36.7 Å². The minimum Gasteiger partial charge on any atom is -0.494 e. The maximum absolute atomic E-state index is 12.9. The molecule has 0 saturated heterocycles. The molecule has 0 heterocycles. The molecule has 0 aliphatic heterocycles. The number of hydrogen-bond donors (Lipinski definition) is 3. The first kappa shape index (κ1) is 30.0. The Morgan fingerprint density at radius 1 is 0.791 bits per heavy atom. The van der Waals surface area contributed by atoms with Crippen LogP contribution in [0.3, 0.4) is 0 Å². The highest BCUT2D eigenvalue weighted by Crippen LogP contribution is 2.28. The van der Waals surface area contributed by atoms with Crippen molar-refractivity contribution in [3.63, 3.8) is 0 Å². The zero-order chi connectivity index (χ0) is 30.6. The first-order chi connectivity index (χ1) is 20.9. The van der Waals surface area contributed by atoms with Crippen molar-refractivity contribution in [3.05, 3.63) is 114 Å². The van der Waals surface area contributed by atoms with Crippen LogP contribution in [0.1, 0.15) is 33.2 Å². The lowest BCUT2D eigenvalue weighted by atomic mass is 10.1. The zero-order valence-corrected chi connectivity index (χ0v) is 23.3. The van der Waals surface area contributed by atoms with Crippen LogP contribution in [-0.4, -0.2) is 43.6 Å². The number of para-hydroxylation sites is 1. The summed E-state index contributed by atoms with van der Waals surface area (Å²) in [6.07, 6.45) is 1.29. The number of esters is 1. The molecule has 218 valence electrons. The fourth-order valence-corrected chi connectivity index (χ4v) is 3.77. The number of carbonyl (C=O) groups excluding carboxylic acids is 4. The topological polar surface area (TPSA) is 144 Å². The van der Waals surface area contributed by atoms with Crippen LogP contribution in [0.5, 0.6) is 17.2 Å². The van der Waals surface area contributed by atoms with Crippen LogP contribution < -0.4 is 30.3 Å². The fourth-order valence-electron chi connectivity index (χ4n) is 3.77. The van der Waals surface area contributed by atoms with E-state index >= 15 is 0 Å². The van der Waals surface area contributed by atoms with Crippen LogP contribution in [0.2, 0.25) is 0 Å². The Morgan fingerprint density at radius 3 is 2.23 bits per heavy atom. The Labute approximate surface area is 247 Å². The molecule has 3 amide bonds. The number of methoxy groups -OCH3 is 1. The molecule has 0 aliphatic rings. The number of rotatable bonds is 10. The Morgan fingerprint density at radius 2 is 1.51 bits per heavy atom. The molecule has 0 bridgehead atoms. The predicted molar refractivity (Wildman–Crippen MR) is 161 cm³/mol. The van der Waals surface area contributed by atoms with E-state index in [1.165, 1.54) is 31.5 Å². The number of nitrogens with zero attached hydrogens (tertiary/aromatic N) is 1. The molecular formula is C32H28N4O7. The number of nitrogens with one attached hydrogen (secondary N) is 3. The minimum atomic E-state index is -1.06. The first-order valence-electron chi connectivity index (χ1n) is 13.1. The van der Waals surface area contributed by atoms with Crippen molar-refractivity contribution in [2.45, 2.75) is 6.92 Å². The third-order valence-electron chi connectivity index (χ3n) is 5.83. The maximum Gasteiger partial charge on any atom is 0.343 e. The van der Waals surface area contributed by atoms with E-state index in [2.05, 4.69) is 21.2 Å². The summed E-state index contributed by atoms with van der Waals surface area (Å²) in [5.74, 6) is -1.99. The Hall–Kier alpha value is -5.97. The standard InChI is InChI=1S/C32H28N4O7/c1-3-42-24-16-14-23(15-17-24)34-29(37)25-11-7-8-12-26(25)35-30(38)31(39)36-33-20-21-13-18-27(28(19-21)41-2)43-32(40)22-9-5-4-6-10-22/h4-20H,3H2,1-2H3,(H,34,37)(H,35,38)(H,36,39). The molecule has 0 saturated carbocycles. The van der Waals surface area contributed by atoms with Gasteiger partial charge in [-0.3, -0.25) is 14.4 Å². The molecule has 0 aliphatic carbocycles. The quantitative estimate of drug-likeness (QED) is 0.0814.